The molecule has 2 aromatic rings. The van der Waals surface area contributed by atoms with Crippen LogP contribution in [0, 0.1) is 0 Å². The molecule has 8 heteroatoms. The van der Waals surface area contributed by atoms with E-state index in [0.717, 1.165) is 0 Å². The average Bonchev–Trinajstić information content (AvgIpc) is 3.04. The number of carbonyl (C=O) groups excluding carboxylic acids is 1. The standard InChI is InChI=1S/C11H10F2N2O3S/c12-9(13)7(16)4-14-10(17)6-5-19-11(15-6)8-2-1-3-18-8/h1-3,5,7,9,16H,4H2,(H,14,17). The highest BCUT2D eigenvalue weighted by molar-refractivity contribution is 7.13. The molecule has 0 bridgehead atoms. The van der Waals surface area contributed by atoms with Crippen molar-refractivity contribution in [2.75, 3.05) is 6.54 Å². The number of halogens is 2. The number of aromatic nitrogens is 1. The van der Waals surface area contributed by atoms with Gasteiger partial charge in [-0.05, 0) is 12.1 Å². The number of aliphatic hydroxyl groups is 1. The molecule has 0 radical (unpaired) electrons. The molecular formula is C11H10F2N2O3S. The van der Waals surface area contributed by atoms with Crippen LogP contribution in [0.4, 0.5) is 8.78 Å². The van der Waals surface area contributed by atoms with E-state index in [9.17, 15) is 13.6 Å². The van der Waals surface area contributed by atoms with Crippen LogP contribution in [0.25, 0.3) is 10.8 Å². The van der Waals surface area contributed by atoms with Crippen LogP contribution in [0.3, 0.4) is 0 Å². The van der Waals surface area contributed by atoms with Gasteiger partial charge in [0.15, 0.2) is 10.8 Å². The van der Waals surface area contributed by atoms with Crippen molar-refractivity contribution in [3.63, 3.8) is 0 Å². The fourth-order valence-corrected chi connectivity index (χ4v) is 2.03. The second-order valence-electron chi connectivity index (χ2n) is 3.63. The number of nitrogens with zero attached hydrogens (tertiary/aromatic N) is 1. The summed E-state index contributed by atoms with van der Waals surface area (Å²) in [5.74, 6) is -0.0922. The molecule has 0 saturated carbocycles. The lowest BCUT2D eigenvalue weighted by molar-refractivity contribution is -0.00272. The topological polar surface area (TPSA) is 75.4 Å². The van der Waals surface area contributed by atoms with Crippen molar-refractivity contribution in [1.29, 1.82) is 0 Å². The molecule has 5 nitrogen and oxygen atoms in total. The smallest absolute Gasteiger partial charge is 0.270 e. The Morgan fingerprint density at radius 3 is 3.00 bits per heavy atom. The molecule has 2 N–H and O–H groups in total. The fraction of sp³-hybridized carbons (Fsp3) is 0.273. The molecule has 0 aliphatic rings. The van der Waals surface area contributed by atoms with Gasteiger partial charge in [0, 0.05) is 11.9 Å². The van der Waals surface area contributed by atoms with Crippen molar-refractivity contribution in [1.82, 2.24) is 10.3 Å². The molecule has 1 unspecified atom stereocenters. The second-order valence-corrected chi connectivity index (χ2v) is 4.49. The summed E-state index contributed by atoms with van der Waals surface area (Å²) in [6, 6.07) is 3.39. The van der Waals surface area contributed by atoms with Gasteiger partial charge < -0.3 is 14.8 Å². The van der Waals surface area contributed by atoms with Crippen molar-refractivity contribution in [3.05, 3.63) is 29.5 Å². The molecule has 0 aliphatic carbocycles. The number of amides is 1. The highest BCUT2D eigenvalue weighted by atomic mass is 32.1. The van der Waals surface area contributed by atoms with E-state index in [0.29, 0.717) is 10.8 Å². The maximum Gasteiger partial charge on any atom is 0.270 e. The number of furan rings is 1. The van der Waals surface area contributed by atoms with E-state index in [1.165, 1.54) is 23.0 Å². The molecule has 1 amide bonds. The Kier molecular flexibility index (Phi) is 4.23. The van der Waals surface area contributed by atoms with Crippen LogP contribution >= 0.6 is 11.3 Å². The Hall–Kier alpha value is -1.80. The fourth-order valence-electron chi connectivity index (χ4n) is 1.27. The largest absolute Gasteiger partial charge is 0.462 e. The van der Waals surface area contributed by atoms with Gasteiger partial charge in [0.05, 0.1) is 6.26 Å². The van der Waals surface area contributed by atoms with E-state index in [4.69, 9.17) is 9.52 Å². The number of nitrogens with one attached hydrogen (secondary N) is 1. The third-order valence-electron chi connectivity index (χ3n) is 2.23. The molecule has 2 rings (SSSR count). The zero-order valence-electron chi connectivity index (χ0n) is 9.55. The molecular weight excluding hydrogens is 278 g/mol. The lowest BCUT2D eigenvalue weighted by Gasteiger charge is -2.09. The SMILES string of the molecule is O=C(NCC(O)C(F)F)c1csc(-c2ccco2)n1. The van der Waals surface area contributed by atoms with Crippen LogP contribution in [0.1, 0.15) is 10.5 Å². The van der Waals surface area contributed by atoms with Gasteiger partial charge in [0.1, 0.15) is 11.8 Å². The Balaban J connectivity index is 1.97. The van der Waals surface area contributed by atoms with Crippen LogP contribution in [-0.4, -0.2) is 35.1 Å². The maximum atomic E-state index is 12.0. The maximum absolute atomic E-state index is 12.0. The summed E-state index contributed by atoms with van der Waals surface area (Å²) in [5.41, 5.74) is 0.0952. The number of hydrogen-bond donors (Lipinski definition) is 2. The first-order valence-electron chi connectivity index (χ1n) is 5.31. The number of carbonyl (C=O) groups is 1. The van der Waals surface area contributed by atoms with Crippen molar-refractivity contribution in [3.8, 4) is 10.8 Å². The van der Waals surface area contributed by atoms with Gasteiger partial charge in [-0.15, -0.1) is 11.3 Å². The predicted molar refractivity (Wildman–Crippen MR) is 64.2 cm³/mol. The molecule has 0 aromatic carbocycles. The van der Waals surface area contributed by atoms with Crippen LogP contribution in [0.15, 0.2) is 28.2 Å². The highest BCUT2D eigenvalue weighted by Crippen LogP contribution is 2.23. The summed E-state index contributed by atoms with van der Waals surface area (Å²) in [4.78, 5) is 15.6. The summed E-state index contributed by atoms with van der Waals surface area (Å²) in [5, 5.41) is 13.1. The minimum Gasteiger partial charge on any atom is -0.462 e. The van der Waals surface area contributed by atoms with Crippen LogP contribution < -0.4 is 5.32 Å². The van der Waals surface area contributed by atoms with E-state index in [2.05, 4.69) is 10.3 Å². The molecule has 19 heavy (non-hydrogen) atoms. The Morgan fingerprint density at radius 2 is 2.37 bits per heavy atom. The Labute approximate surface area is 110 Å². The third-order valence-corrected chi connectivity index (χ3v) is 3.09. The van der Waals surface area contributed by atoms with Crippen LogP contribution in [-0.2, 0) is 0 Å². The molecule has 0 saturated heterocycles. The summed E-state index contributed by atoms with van der Waals surface area (Å²) in [7, 11) is 0. The third kappa shape index (κ3) is 3.36. The zero-order valence-corrected chi connectivity index (χ0v) is 10.4. The number of aliphatic hydroxyl groups excluding tert-OH is 1. The molecule has 2 heterocycles. The van der Waals surface area contributed by atoms with Gasteiger partial charge in [-0.25, -0.2) is 13.8 Å². The highest BCUT2D eigenvalue weighted by Gasteiger charge is 2.19. The predicted octanol–water partition coefficient (Wildman–Crippen LogP) is 1.76. The molecule has 1 atom stereocenters. The quantitative estimate of drug-likeness (QED) is 0.879. The first-order valence-corrected chi connectivity index (χ1v) is 6.19. The Bertz CT molecular complexity index is 542. The van der Waals surface area contributed by atoms with E-state index in [1.54, 1.807) is 12.1 Å². The lowest BCUT2D eigenvalue weighted by atomic mass is 10.3. The minimum absolute atomic E-state index is 0.0952. The van der Waals surface area contributed by atoms with Crippen molar-refractivity contribution >= 4 is 17.2 Å². The van der Waals surface area contributed by atoms with Crippen molar-refractivity contribution < 1.29 is 23.1 Å². The number of hydrogen-bond acceptors (Lipinski definition) is 5. The van der Waals surface area contributed by atoms with Gasteiger partial charge in [-0.1, -0.05) is 0 Å². The normalized spacial score (nSPS) is 12.6. The first-order chi connectivity index (χ1) is 9.08. The number of alkyl halides is 2. The molecule has 102 valence electrons. The molecule has 0 fully saturated rings. The first kappa shape index (κ1) is 13.6. The van der Waals surface area contributed by atoms with E-state index in [-0.39, 0.29) is 5.69 Å². The van der Waals surface area contributed by atoms with Gasteiger partial charge in [0.25, 0.3) is 12.3 Å². The summed E-state index contributed by atoms with van der Waals surface area (Å²) < 4.78 is 29.2. The van der Waals surface area contributed by atoms with E-state index >= 15 is 0 Å². The number of rotatable bonds is 5. The summed E-state index contributed by atoms with van der Waals surface area (Å²) in [6.07, 6.45) is -3.29. The van der Waals surface area contributed by atoms with Gasteiger partial charge in [-0.2, -0.15) is 0 Å². The van der Waals surface area contributed by atoms with Crippen molar-refractivity contribution in [2.24, 2.45) is 0 Å². The molecule has 0 aliphatic heterocycles. The monoisotopic (exact) mass is 288 g/mol. The Morgan fingerprint density at radius 1 is 1.58 bits per heavy atom. The van der Waals surface area contributed by atoms with E-state index < -0.39 is 25.0 Å². The van der Waals surface area contributed by atoms with Gasteiger partial charge in [-0.3, -0.25) is 4.79 Å². The average molecular weight is 288 g/mol. The van der Waals surface area contributed by atoms with Crippen LogP contribution in [0.5, 0.6) is 0 Å². The number of thiazole rings is 1. The molecule has 0 spiro atoms. The minimum atomic E-state index is -2.89. The summed E-state index contributed by atoms with van der Waals surface area (Å²) >= 11 is 1.20. The van der Waals surface area contributed by atoms with Gasteiger partial charge in [0.2, 0.25) is 0 Å². The second kappa shape index (κ2) is 5.89. The van der Waals surface area contributed by atoms with E-state index in [1.807, 2.05) is 0 Å². The lowest BCUT2D eigenvalue weighted by Crippen LogP contribution is -2.35. The summed E-state index contributed by atoms with van der Waals surface area (Å²) in [6.45, 7) is -0.524. The van der Waals surface area contributed by atoms with Gasteiger partial charge >= 0.3 is 0 Å². The molecule has 2 aromatic heterocycles. The zero-order chi connectivity index (χ0) is 13.8. The van der Waals surface area contributed by atoms with Crippen molar-refractivity contribution in [2.45, 2.75) is 12.5 Å². The van der Waals surface area contributed by atoms with Crippen LogP contribution in [0.2, 0.25) is 0 Å².